The molecular weight excluding hydrogens is 370 g/mol. The molecule has 1 fully saturated rings. The largest absolute Gasteiger partial charge is 0.497 e. The fourth-order valence-electron chi connectivity index (χ4n) is 3.59. The van der Waals surface area contributed by atoms with E-state index in [0.29, 0.717) is 24.7 Å². The molecule has 29 heavy (non-hydrogen) atoms. The first kappa shape index (κ1) is 19.0. The molecule has 7 nitrogen and oxygen atoms in total. The van der Waals surface area contributed by atoms with Gasteiger partial charge in [-0.1, -0.05) is 17.3 Å². The maximum Gasteiger partial charge on any atom is 0.257 e. The zero-order valence-corrected chi connectivity index (χ0v) is 16.7. The van der Waals surface area contributed by atoms with Gasteiger partial charge in [0.25, 0.3) is 5.89 Å². The topological polar surface area (TPSA) is 77.7 Å². The Bertz CT molecular complexity index is 982. The minimum Gasteiger partial charge on any atom is -0.497 e. The van der Waals surface area contributed by atoms with Crippen molar-refractivity contribution in [1.29, 1.82) is 0 Å². The predicted octanol–water partition coefficient (Wildman–Crippen LogP) is 3.83. The Morgan fingerprint density at radius 3 is 2.28 bits per heavy atom. The van der Waals surface area contributed by atoms with Crippen molar-refractivity contribution in [1.82, 2.24) is 15.0 Å². The molecule has 1 aliphatic heterocycles. The van der Waals surface area contributed by atoms with Crippen LogP contribution in [0.15, 0.2) is 53.1 Å². The molecule has 4 rings (SSSR count). The van der Waals surface area contributed by atoms with Crippen LogP contribution in [0.3, 0.4) is 0 Å². The predicted molar refractivity (Wildman–Crippen MR) is 107 cm³/mol. The van der Waals surface area contributed by atoms with E-state index < -0.39 is 0 Å². The molecule has 1 amide bonds. The molecule has 2 aromatic carbocycles. The number of hydrogen-bond donors (Lipinski definition) is 0. The van der Waals surface area contributed by atoms with Gasteiger partial charge in [0.1, 0.15) is 11.5 Å². The van der Waals surface area contributed by atoms with Gasteiger partial charge in [-0.3, -0.25) is 4.79 Å². The van der Waals surface area contributed by atoms with Gasteiger partial charge < -0.3 is 18.9 Å². The molecule has 2 atom stereocenters. The van der Waals surface area contributed by atoms with Crippen molar-refractivity contribution >= 4 is 5.91 Å². The highest BCUT2D eigenvalue weighted by atomic mass is 16.5. The Balaban J connectivity index is 1.48. The first-order valence-corrected chi connectivity index (χ1v) is 9.50. The molecule has 1 aromatic heterocycles. The lowest BCUT2D eigenvalue weighted by atomic mass is 10.1. The number of ether oxygens (including phenoxy) is 2. The van der Waals surface area contributed by atoms with Crippen LogP contribution in [0.5, 0.6) is 11.5 Å². The summed E-state index contributed by atoms with van der Waals surface area (Å²) in [6.45, 7) is 2.59. The van der Waals surface area contributed by atoms with Gasteiger partial charge in [-0.2, -0.15) is 4.98 Å². The van der Waals surface area contributed by atoms with Gasteiger partial charge >= 0.3 is 0 Å². The van der Waals surface area contributed by atoms with Gasteiger partial charge in [0.05, 0.1) is 20.3 Å². The quantitative estimate of drug-likeness (QED) is 0.633. The summed E-state index contributed by atoms with van der Waals surface area (Å²) < 4.78 is 15.8. The number of nitrogens with zero attached hydrogens (tertiary/aromatic N) is 3. The molecule has 0 N–H and O–H groups in total. The molecule has 0 aliphatic carbocycles. The molecule has 0 spiro atoms. The van der Waals surface area contributed by atoms with Gasteiger partial charge in [0.15, 0.2) is 5.82 Å². The third-order valence-electron chi connectivity index (χ3n) is 5.37. The summed E-state index contributed by atoms with van der Waals surface area (Å²) in [5.41, 5.74) is 1.88. The van der Waals surface area contributed by atoms with E-state index in [4.69, 9.17) is 14.0 Å². The summed E-state index contributed by atoms with van der Waals surface area (Å²) in [7, 11) is 3.26. The van der Waals surface area contributed by atoms with E-state index in [2.05, 4.69) is 10.1 Å². The molecule has 0 radical (unpaired) electrons. The summed E-state index contributed by atoms with van der Waals surface area (Å²) in [6, 6.07) is 15.2. The van der Waals surface area contributed by atoms with E-state index in [1.54, 1.807) is 14.2 Å². The second kappa shape index (κ2) is 7.95. The van der Waals surface area contributed by atoms with Crippen LogP contribution in [0, 0.1) is 0 Å². The number of carbonyl (C=O) groups is 1. The molecular formula is C22H23N3O4. The molecule has 0 saturated carbocycles. The third-order valence-corrected chi connectivity index (χ3v) is 5.37. The monoisotopic (exact) mass is 393 g/mol. The lowest BCUT2D eigenvalue weighted by Crippen LogP contribution is -2.28. The van der Waals surface area contributed by atoms with Crippen LogP contribution in [-0.4, -0.2) is 41.7 Å². The fraction of sp³-hybridized carbons (Fsp3) is 0.318. The van der Waals surface area contributed by atoms with Crippen LogP contribution in [-0.2, 0) is 4.79 Å². The summed E-state index contributed by atoms with van der Waals surface area (Å²) in [5.74, 6) is 2.57. The minimum absolute atomic E-state index is 0.0358. The lowest BCUT2D eigenvalue weighted by molar-refractivity contribution is -0.129. The number of hydrogen-bond acceptors (Lipinski definition) is 6. The summed E-state index contributed by atoms with van der Waals surface area (Å²) in [5, 5.41) is 4.13. The highest BCUT2D eigenvalue weighted by Gasteiger charge is 2.36. The van der Waals surface area contributed by atoms with Crippen molar-refractivity contribution in [3.8, 4) is 23.0 Å². The van der Waals surface area contributed by atoms with E-state index in [1.165, 1.54) is 0 Å². The standard InChI is InChI=1S/C22H23N3O4/c1-14(15-4-8-18(27-2)9-5-15)25-13-17(12-20(25)26)21-23-22(29-24-21)16-6-10-19(28-3)11-7-16/h4-11,14,17H,12-13H2,1-3H3. The highest BCUT2D eigenvalue weighted by molar-refractivity contribution is 5.80. The normalized spacial score (nSPS) is 17.4. The van der Waals surface area contributed by atoms with Gasteiger partial charge in [-0.25, -0.2) is 0 Å². The molecule has 0 bridgehead atoms. The minimum atomic E-state index is -0.0843. The number of rotatable bonds is 6. The molecule has 1 saturated heterocycles. The molecule has 150 valence electrons. The Hall–Kier alpha value is -3.35. The maximum atomic E-state index is 12.6. The summed E-state index contributed by atoms with van der Waals surface area (Å²) >= 11 is 0. The Morgan fingerprint density at radius 1 is 1.03 bits per heavy atom. The average molecular weight is 393 g/mol. The Kier molecular flexibility index (Phi) is 5.20. The first-order valence-electron chi connectivity index (χ1n) is 9.50. The van der Waals surface area contributed by atoms with E-state index in [9.17, 15) is 4.79 Å². The maximum absolute atomic E-state index is 12.6. The molecule has 7 heteroatoms. The van der Waals surface area contributed by atoms with Crippen molar-refractivity contribution in [2.75, 3.05) is 20.8 Å². The van der Waals surface area contributed by atoms with Crippen LogP contribution in [0.4, 0.5) is 0 Å². The van der Waals surface area contributed by atoms with Gasteiger partial charge in [-0.15, -0.1) is 0 Å². The van der Waals surface area contributed by atoms with E-state index in [-0.39, 0.29) is 17.9 Å². The van der Waals surface area contributed by atoms with Crippen molar-refractivity contribution in [2.45, 2.75) is 25.3 Å². The highest BCUT2D eigenvalue weighted by Crippen LogP contribution is 2.34. The second-order valence-corrected chi connectivity index (χ2v) is 7.08. The van der Waals surface area contributed by atoms with Crippen molar-refractivity contribution < 1.29 is 18.8 Å². The number of likely N-dealkylation sites (tertiary alicyclic amines) is 1. The zero-order valence-electron chi connectivity index (χ0n) is 16.7. The number of aromatic nitrogens is 2. The fourth-order valence-corrected chi connectivity index (χ4v) is 3.59. The molecule has 1 aliphatic rings. The zero-order chi connectivity index (χ0) is 20.4. The van der Waals surface area contributed by atoms with E-state index in [0.717, 1.165) is 22.6 Å². The molecule has 2 heterocycles. The molecule has 3 aromatic rings. The van der Waals surface area contributed by atoms with E-state index in [1.807, 2.05) is 60.4 Å². The second-order valence-electron chi connectivity index (χ2n) is 7.08. The van der Waals surface area contributed by atoms with Crippen molar-refractivity contribution in [3.05, 3.63) is 59.9 Å². The summed E-state index contributed by atoms with van der Waals surface area (Å²) in [6.07, 6.45) is 0.377. The number of methoxy groups -OCH3 is 2. The van der Waals surface area contributed by atoms with Crippen LogP contribution < -0.4 is 9.47 Å². The van der Waals surface area contributed by atoms with Crippen molar-refractivity contribution in [3.63, 3.8) is 0 Å². The first-order chi connectivity index (χ1) is 14.1. The van der Waals surface area contributed by atoms with Gasteiger partial charge in [0.2, 0.25) is 5.91 Å². The van der Waals surface area contributed by atoms with Gasteiger partial charge in [-0.05, 0) is 48.9 Å². The van der Waals surface area contributed by atoms with Crippen LogP contribution in [0.2, 0.25) is 0 Å². The van der Waals surface area contributed by atoms with Gasteiger partial charge in [0, 0.05) is 24.4 Å². The number of benzene rings is 2. The molecule has 2 unspecified atom stereocenters. The number of amides is 1. The smallest absolute Gasteiger partial charge is 0.257 e. The van der Waals surface area contributed by atoms with Crippen molar-refractivity contribution in [2.24, 2.45) is 0 Å². The van der Waals surface area contributed by atoms with Crippen LogP contribution in [0.1, 0.15) is 36.7 Å². The third kappa shape index (κ3) is 3.81. The Morgan fingerprint density at radius 2 is 1.66 bits per heavy atom. The van der Waals surface area contributed by atoms with Crippen LogP contribution >= 0.6 is 0 Å². The lowest BCUT2D eigenvalue weighted by Gasteiger charge is -2.25. The number of carbonyl (C=O) groups excluding carboxylic acids is 1. The Labute approximate surface area is 169 Å². The van der Waals surface area contributed by atoms with E-state index >= 15 is 0 Å². The SMILES string of the molecule is COc1ccc(-c2nc(C3CC(=O)N(C(C)c4ccc(OC)cc4)C3)no2)cc1. The van der Waals surface area contributed by atoms with Crippen LogP contribution in [0.25, 0.3) is 11.5 Å². The average Bonchev–Trinajstić information content (AvgIpc) is 3.40. The summed E-state index contributed by atoms with van der Waals surface area (Å²) in [4.78, 5) is 19.0.